The molecule has 122 valence electrons. The van der Waals surface area contributed by atoms with Gasteiger partial charge in [-0.05, 0) is 47.8 Å². The zero-order chi connectivity index (χ0) is 16.6. The van der Waals surface area contributed by atoms with Crippen LogP contribution in [0.3, 0.4) is 0 Å². The monoisotopic (exact) mass is 301 g/mol. The van der Waals surface area contributed by atoms with Crippen molar-refractivity contribution in [2.75, 3.05) is 33.7 Å². The highest BCUT2D eigenvalue weighted by molar-refractivity contribution is 5.96. The minimum Gasteiger partial charge on any atom is -0.481 e. The molecule has 0 rings (SSSR count). The number of carbonyl (C=O) groups excluding carboxylic acids is 2. The number of hydrogen-bond acceptors (Lipinski definition) is 4. The Morgan fingerprint density at radius 2 is 1.71 bits per heavy atom. The van der Waals surface area contributed by atoms with Crippen molar-refractivity contribution >= 4 is 17.9 Å². The second kappa shape index (κ2) is 8.61. The molecule has 0 aromatic heterocycles. The summed E-state index contributed by atoms with van der Waals surface area (Å²) in [4.78, 5) is 38.2. The third-order valence-corrected chi connectivity index (χ3v) is 3.13. The lowest BCUT2D eigenvalue weighted by Crippen LogP contribution is -2.45. The Morgan fingerprint density at radius 1 is 1.14 bits per heavy atom. The van der Waals surface area contributed by atoms with Crippen molar-refractivity contribution < 1.29 is 19.5 Å². The lowest BCUT2D eigenvalue weighted by atomic mass is 9.89. The Kier molecular flexibility index (Phi) is 7.94. The molecule has 0 saturated heterocycles. The molecule has 0 aromatic carbocycles. The van der Waals surface area contributed by atoms with Crippen LogP contribution in [-0.2, 0) is 9.59 Å². The number of carboxylic acid groups (broad SMARTS) is 1. The zero-order valence-corrected chi connectivity index (χ0v) is 13.6. The van der Waals surface area contributed by atoms with Gasteiger partial charge in [-0.3, -0.25) is 14.9 Å². The summed E-state index contributed by atoms with van der Waals surface area (Å²) in [6.45, 7) is 6.64. The van der Waals surface area contributed by atoms with Gasteiger partial charge in [-0.15, -0.1) is 0 Å². The van der Waals surface area contributed by atoms with Gasteiger partial charge in [0.2, 0.25) is 5.91 Å². The second-order valence-corrected chi connectivity index (χ2v) is 5.96. The maximum atomic E-state index is 11.9. The van der Waals surface area contributed by atoms with Crippen molar-refractivity contribution in [1.82, 2.24) is 15.1 Å². The SMILES string of the molecule is CCN(CCCN(C)C)C(=O)NC(=O)CC(C)(C)C(=O)O. The summed E-state index contributed by atoms with van der Waals surface area (Å²) in [7, 11) is 3.90. The number of amides is 3. The fourth-order valence-corrected chi connectivity index (χ4v) is 1.70. The average Bonchev–Trinajstić information content (AvgIpc) is 2.32. The van der Waals surface area contributed by atoms with Crippen molar-refractivity contribution in [2.24, 2.45) is 5.41 Å². The van der Waals surface area contributed by atoms with E-state index < -0.39 is 23.3 Å². The number of hydrogen-bond donors (Lipinski definition) is 2. The van der Waals surface area contributed by atoms with Crippen molar-refractivity contribution in [3.05, 3.63) is 0 Å². The van der Waals surface area contributed by atoms with E-state index in [0.29, 0.717) is 13.1 Å². The van der Waals surface area contributed by atoms with Crippen LogP contribution in [0.2, 0.25) is 0 Å². The van der Waals surface area contributed by atoms with Gasteiger partial charge in [0.1, 0.15) is 0 Å². The molecule has 7 nitrogen and oxygen atoms in total. The molecule has 0 aliphatic heterocycles. The Balaban J connectivity index is 4.37. The zero-order valence-electron chi connectivity index (χ0n) is 13.6. The first kappa shape index (κ1) is 19.4. The van der Waals surface area contributed by atoms with Crippen LogP contribution in [-0.4, -0.2) is 66.5 Å². The van der Waals surface area contributed by atoms with Gasteiger partial charge >= 0.3 is 12.0 Å². The van der Waals surface area contributed by atoms with E-state index in [2.05, 4.69) is 5.32 Å². The Hall–Kier alpha value is -1.63. The molecule has 0 aliphatic rings. The summed E-state index contributed by atoms with van der Waals surface area (Å²) >= 11 is 0. The number of aliphatic carboxylic acids is 1. The molecule has 0 aliphatic carbocycles. The van der Waals surface area contributed by atoms with E-state index in [4.69, 9.17) is 5.11 Å². The smallest absolute Gasteiger partial charge is 0.324 e. The van der Waals surface area contributed by atoms with E-state index in [-0.39, 0.29) is 6.42 Å². The number of nitrogens with one attached hydrogen (secondary N) is 1. The molecule has 2 N–H and O–H groups in total. The highest BCUT2D eigenvalue weighted by Gasteiger charge is 2.31. The van der Waals surface area contributed by atoms with Gasteiger partial charge in [0.25, 0.3) is 0 Å². The second-order valence-electron chi connectivity index (χ2n) is 5.96. The third-order valence-electron chi connectivity index (χ3n) is 3.13. The lowest BCUT2D eigenvalue weighted by Gasteiger charge is -2.23. The van der Waals surface area contributed by atoms with E-state index in [1.807, 2.05) is 25.9 Å². The Morgan fingerprint density at radius 3 is 2.14 bits per heavy atom. The highest BCUT2D eigenvalue weighted by atomic mass is 16.4. The minimum atomic E-state index is -1.19. The molecule has 0 heterocycles. The van der Waals surface area contributed by atoms with Crippen molar-refractivity contribution in [3.8, 4) is 0 Å². The highest BCUT2D eigenvalue weighted by Crippen LogP contribution is 2.19. The van der Waals surface area contributed by atoms with E-state index in [1.54, 1.807) is 0 Å². The number of carbonyl (C=O) groups is 3. The van der Waals surface area contributed by atoms with Crippen molar-refractivity contribution in [3.63, 3.8) is 0 Å². The molecular formula is C14H27N3O4. The van der Waals surface area contributed by atoms with Crippen LogP contribution in [0, 0.1) is 5.41 Å². The first-order chi connectivity index (χ1) is 9.60. The maximum absolute atomic E-state index is 11.9. The van der Waals surface area contributed by atoms with Crippen LogP contribution < -0.4 is 5.32 Å². The van der Waals surface area contributed by atoms with Gasteiger partial charge in [0.05, 0.1) is 5.41 Å². The fraction of sp³-hybridized carbons (Fsp3) is 0.786. The molecular weight excluding hydrogens is 274 g/mol. The molecule has 21 heavy (non-hydrogen) atoms. The molecule has 0 bridgehead atoms. The van der Waals surface area contributed by atoms with Crippen molar-refractivity contribution in [2.45, 2.75) is 33.6 Å². The first-order valence-electron chi connectivity index (χ1n) is 7.07. The van der Waals surface area contributed by atoms with Gasteiger partial charge in [-0.2, -0.15) is 0 Å². The predicted octanol–water partition coefficient (Wildman–Crippen LogP) is 0.997. The van der Waals surface area contributed by atoms with Crippen LogP contribution in [0.15, 0.2) is 0 Å². The van der Waals surface area contributed by atoms with Gasteiger partial charge in [-0.25, -0.2) is 4.79 Å². The van der Waals surface area contributed by atoms with Gasteiger partial charge in [-0.1, -0.05) is 0 Å². The van der Waals surface area contributed by atoms with E-state index in [0.717, 1.165) is 13.0 Å². The first-order valence-corrected chi connectivity index (χ1v) is 7.07. The molecule has 7 heteroatoms. The number of urea groups is 1. The lowest BCUT2D eigenvalue weighted by molar-refractivity contribution is -0.149. The van der Waals surface area contributed by atoms with E-state index in [9.17, 15) is 14.4 Å². The summed E-state index contributed by atoms with van der Waals surface area (Å²) in [5.41, 5.74) is -1.19. The largest absolute Gasteiger partial charge is 0.481 e. The average molecular weight is 301 g/mol. The fourth-order valence-electron chi connectivity index (χ4n) is 1.70. The molecule has 3 amide bonds. The molecule has 0 atom stereocenters. The summed E-state index contributed by atoms with van der Waals surface area (Å²) in [5, 5.41) is 11.2. The molecule has 0 spiro atoms. The third kappa shape index (κ3) is 7.65. The normalized spacial score (nSPS) is 11.3. The van der Waals surface area contributed by atoms with Crippen LogP contribution in [0.1, 0.15) is 33.6 Å². The Bertz CT molecular complexity index is 380. The van der Waals surface area contributed by atoms with Crippen LogP contribution in [0.4, 0.5) is 4.79 Å². The number of imide groups is 1. The topological polar surface area (TPSA) is 90.0 Å². The van der Waals surface area contributed by atoms with Gasteiger partial charge in [0, 0.05) is 19.5 Å². The summed E-state index contributed by atoms with van der Waals surface area (Å²) in [6, 6.07) is -0.470. The molecule has 0 radical (unpaired) electrons. The number of carboxylic acids is 1. The standard InChI is InChI=1S/C14H27N3O4/c1-6-17(9-7-8-16(4)5)13(21)15-11(18)10-14(2,3)12(19)20/h6-10H2,1-5H3,(H,19,20)(H,15,18,21). The van der Waals surface area contributed by atoms with E-state index in [1.165, 1.54) is 18.7 Å². The van der Waals surface area contributed by atoms with Crippen LogP contribution >= 0.6 is 0 Å². The maximum Gasteiger partial charge on any atom is 0.324 e. The van der Waals surface area contributed by atoms with Crippen molar-refractivity contribution in [1.29, 1.82) is 0 Å². The molecule has 0 saturated carbocycles. The number of nitrogens with zero attached hydrogens (tertiary/aromatic N) is 2. The number of rotatable bonds is 8. The van der Waals surface area contributed by atoms with Gasteiger partial charge < -0.3 is 14.9 Å². The van der Waals surface area contributed by atoms with Crippen LogP contribution in [0.5, 0.6) is 0 Å². The molecule has 0 aromatic rings. The van der Waals surface area contributed by atoms with Gasteiger partial charge in [0.15, 0.2) is 0 Å². The predicted molar refractivity (Wildman–Crippen MR) is 80.0 cm³/mol. The molecule has 0 unspecified atom stereocenters. The summed E-state index contributed by atoms with van der Waals surface area (Å²) < 4.78 is 0. The Labute approximate surface area is 126 Å². The minimum absolute atomic E-state index is 0.233. The van der Waals surface area contributed by atoms with E-state index >= 15 is 0 Å². The summed E-state index contributed by atoms with van der Waals surface area (Å²) in [6.07, 6.45) is 0.576. The van der Waals surface area contributed by atoms with Crippen LogP contribution in [0.25, 0.3) is 0 Å². The quantitative estimate of drug-likeness (QED) is 0.698. The molecule has 0 fully saturated rings. The summed E-state index contributed by atoms with van der Waals surface area (Å²) in [5.74, 6) is -1.64.